The molecule has 0 aromatic heterocycles. The van der Waals surface area contributed by atoms with Crippen LogP contribution in [0.15, 0.2) is 54.6 Å². The first-order valence-electron chi connectivity index (χ1n) is 6.98. The zero-order chi connectivity index (χ0) is 17.0. The van der Waals surface area contributed by atoms with Gasteiger partial charge in [-0.05, 0) is 23.3 Å². The van der Waals surface area contributed by atoms with Gasteiger partial charge in [0.15, 0.2) is 0 Å². The van der Waals surface area contributed by atoms with Crippen molar-refractivity contribution in [1.29, 1.82) is 0 Å². The van der Waals surface area contributed by atoms with Crippen LogP contribution in [0.2, 0.25) is 0 Å². The molecule has 23 heavy (non-hydrogen) atoms. The number of ketones is 1. The predicted octanol–water partition coefficient (Wildman–Crippen LogP) is 1.31. The number of Topliss-reactive ketones (excluding diaryl/α,β-unsaturated/α-hetero) is 1. The Morgan fingerprint density at radius 1 is 1.04 bits per heavy atom. The molecule has 2 aromatic carbocycles. The summed E-state index contributed by atoms with van der Waals surface area (Å²) in [7, 11) is 1.06. The van der Waals surface area contributed by atoms with Crippen molar-refractivity contribution >= 4 is 17.4 Å². The average molecular weight is 314 g/mol. The van der Waals surface area contributed by atoms with Crippen molar-refractivity contribution in [1.82, 2.24) is 5.06 Å². The first kappa shape index (κ1) is 16.7. The number of carbonyl (C=O) groups excluding carboxylic acids is 2. The summed E-state index contributed by atoms with van der Waals surface area (Å²) in [6.07, 6.45) is -0.495. The molecule has 0 saturated carbocycles. The molecular weight excluding hydrogens is 296 g/mol. The van der Waals surface area contributed by atoms with E-state index < -0.39 is 23.7 Å². The molecule has 0 aliphatic rings. The van der Waals surface area contributed by atoms with Crippen LogP contribution < -0.4 is 5.73 Å². The van der Waals surface area contributed by atoms with Gasteiger partial charge in [-0.2, -0.15) is 0 Å². The Kier molecular flexibility index (Phi) is 4.78. The molecule has 2 aromatic rings. The third-order valence-corrected chi connectivity index (χ3v) is 3.59. The minimum absolute atomic E-state index is 0.205. The van der Waals surface area contributed by atoms with Gasteiger partial charge in [-0.3, -0.25) is 14.8 Å². The first-order chi connectivity index (χ1) is 10.8. The van der Waals surface area contributed by atoms with E-state index in [1.165, 1.54) is 0 Å². The van der Waals surface area contributed by atoms with Crippen LogP contribution in [-0.2, 0) is 15.2 Å². The van der Waals surface area contributed by atoms with Gasteiger partial charge in [0, 0.05) is 12.7 Å². The van der Waals surface area contributed by atoms with Crippen LogP contribution in [0.4, 0.5) is 5.69 Å². The maximum atomic E-state index is 12.1. The van der Waals surface area contributed by atoms with E-state index in [-0.39, 0.29) is 5.06 Å². The van der Waals surface area contributed by atoms with Crippen LogP contribution in [0.25, 0.3) is 0 Å². The Labute approximate surface area is 133 Å². The summed E-state index contributed by atoms with van der Waals surface area (Å²) in [5, 5.41) is 20.5. The quantitative estimate of drug-likeness (QED) is 0.334. The van der Waals surface area contributed by atoms with Crippen LogP contribution in [0, 0.1) is 0 Å². The number of likely N-dealkylation sites (N-methyl/N-ethyl adjacent to an activating group) is 1. The Morgan fingerprint density at radius 3 is 2.09 bits per heavy atom. The lowest BCUT2D eigenvalue weighted by Gasteiger charge is -2.29. The first-order valence-corrected chi connectivity index (χ1v) is 6.98. The van der Waals surface area contributed by atoms with Gasteiger partial charge in [-0.25, -0.2) is 5.06 Å². The van der Waals surface area contributed by atoms with E-state index in [1.807, 2.05) is 0 Å². The van der Waals surface area contributed by atoms with Crippen molar-refractivity contribution in [3.63, 3.8) is 0 Å². The molecule has 0 heterocycles. The summed E-state index contributed by atoms with van der Waals surface area (Å²) in [6, 6.07) is 15.0. The Morgan fingerprint density at radius 2 is 1.57 bits per heavy atom. The molecule has 2 rings (SSSR count). The molecule has 0 aliphatic carbocycles. The van der Waals surface area contributed by atoms with E-state index in [0.717, 1.165) is 7.05 Å². The highest BCUT2D eigenvalue weighted by molar-refractivity contribution is 6.35. The fraction of sp³-hybridized carbons (Fsp3) is 0.176. The predicted molar refractivity (Wildman–Crippen MR) is 84.5 cm³/mol. The molecule has 0 fully saturated rings. The molecule has 1 amide bonds. The summed E-state index contributed by atoms with van der Waals surface area (Å²) in [5.74, 6) is -1.99. The largest absolute Gasteiger partial charge is 0.399 e. The van der Waals surface area contributed by atoms with E-state index in [1.54, 1.807) is 54.6 Å². The molecule has 0 spiro atoms. The van der Waals surface area contributed by atoms with Crippen molar-refractivity contribution in [2.24, 2.45) is 0 Å². The molecule has 1 unspecified atom stereocenters. The molecule has 0 aliphatic heterocycles. The smallest absolute Gasteiger partial charge is 0.313 e. The molecule has 6 nitrogen and oxygen atoms in total. The lowest BCUT2D eigenvalue weighted by Crippen LogP contribution is -2.37. The summed E-state index contributed by atoms with van der Waals surface area (Å²) < 4.78 is 0. The Bertz CT molecular complexity index is 698. The maximum absolute atomic E-state index is 12.1. The third kappa shape index (κ3) is 3.56. The molecule has 0 radical (unpaired) electrons. The number of benzene rings is 2. The maximum Gasteiger partial charge on any atom is 0.313 e. The van der Waals surface area contributed by atoms with Crippen LogP contribution in [0.3, 0.4) is 0 Å². The number of amides is 1. The van der Waals surface area contributed by atoms with Gasteiger partial charge in [0.1, 0.15) is 5.60 Å². The highest BCUT2D eigenvalue weighted by Gasteiger charge is 2.36. The summed E-state index contributed by atoms with van der Waals surface area (Å²) in [5.41, 5.74) is 5.37. The Hall–Kier alpha value is -2.70. The number of carbonyl (C=O) groups is 2. The van der Waals surface area contributed by atoms with Gasteiger partial charge < -0.3 is 10.8 Å². The zero-order valence-corrected chi connectivity index (χ0v) is 12.6. The molecule has 6 heteroatoms. The fourth-order valence-corrected chi connectivity index (χ4v) is 2.33. The second-order valence-electron chi connectivity index (χ2n) is 5.28. The summed E-state index contributed by atoms with van der Waals surface area (Å²) >= 11 is 0. The summed E-state index contributed by atoms with van der Waals surface area (Å²) in [6.45, 7) is 0. The number of nitrogens with zero attached hydrogens (tertiary/aromatic N) is 1. The van der Waals surface area contributed by atoms with Gasteiger partial charge in [0.05, 0.1) is 6.42 Å². The number of nitrogens with two attached hydrogens (primary N) is 1. The number of hydrogen-bond donors (Lipinski definition) is 3. The van der Waals surface area contributed by atoms with E-state index >= 15 is 0 Å². The van der Waals surface area contributed by atoms with Crippen LogP contribution in [0.1, 0.15) is 17.5 Å². The minimum Gasteiger partial charge on any atom is -0.399 e. The number of anilines is 1. The number of rotatable bonds is 5. The van der Waals surface area contributed by atoms with Gasteiger partial charge in [-0.15, -0.1) is 0 Å². The molecule has 120 valence electrons. The fourth-order valence-electron chi connectivity index (χ4n) is 2.33. The number of nitrogen functional groups attached to an aromatic ring is 1. The van der Waals surface area contributed by atoms with Crippen molar-refractivity contribution in [3.8, 4) is 0 Å². The van der Waals surface area contributed by atoms with E-state index in [0.29, 0.717) is 16.8 Å². The lowest BCUT2D eigenvalue weighted by molar-refractivity contribution is -0.166. The number of hydroxylamine groups is 2. The second-order valence-corrected chi connectivity index (χ2v) is 5.28. The molecule has 0 saturated heterocycles. The van der Waals surface area contributed by atoms with Gasteiger partial charge in [0.2, 0.25) is 5.78 Å². The molecular formula is C17H18N2O4. The zero-order valence-electron chi connectivity index (χ0n) is 12.6. The van der Waals surface area contributed by atoms with Gasteiger partial charge in [0.25, 0.3) is 0 Å². The van der Waals surface area contributed by atoms with Crippen molar-refractivity contribution in [2.45, 2.75) is 12.0 Å². The van der Waals surface area contributed by atoms with Crippen molar-refractivity contribution in [3.05, 3.63) is 65.7 Å². The summed E-state index contributed by atoms with van der Waals surface area (Å²) in [4.78, 5) is 23.7. The Balaban J connectivity index is 2.46. The van der Waals surface area contributed by atoms with Gasteiger partial charge >= 0.3 is 5.91 Å². The minimum atomic E-state index is -1.70. The lowest BCUT2D eigenvalue weighted by atomic mass is 9.82. The van der Waals surface area contributed by atoms with Crippen LogP contribution in [-0.4, -0.2) is 34.1 Å². The van der Waals surface area contributed by atoms with Crippen molar-refractivity contribution in [2.75, 3.05) is 12.8 Å². The highest BCUT2D eigenvalue weighted by atomic mass is 16.5. The monoisotopic (exact) mass is 314 g/mol. The van der Waals surface area contributed by atoms with E-state index in [4.69, 9.17) is 10.9 Å². The topological polar surface area (TPSA) is 104 Å². The number of aliphatic hydroxyl groups is 1. The third-order valence-electron chi connectivity index (χ3n) is 3.59. The van der Waals surface area contributed by atoms with E-state index in [9.17, 15) is 14.7 Å². The molecule has 1 atom stereocenters. The van der Waals surface area contributed by atoms with Gasteiger partial charge in [-0.1, -0.05) is 42.5 Å². The normalized spacial score (nSPS) is 13.2. The number of hydrogen-bond acceptors (Lipinski definition) is 5. The SMILES string of the molecule is CN(O)C(=O)C(=O)CC(O)(c1ccccc1)c1ccc(N)cc1. The highest BCUT2D eigenvalue weighted by Crippen LogP contribution is 2.33. The molecule has 0 bridgehead atoms. The standard InChI is InChI=1S/C17H18N2O4/c1-19(23)16(21)15(20)11-17(22,12-5-3-2-4-6-12)13-7-9-14(18)10-8-13/h2-10,22-23H,11,18H2,1H3. The second kappa shape index (κ2) is 6.60. The van der Waals surface area contributed by atoms with E-state index in [2.05, 4.69) is 0 Å². The van der Waals surface area contributed by atoms with Crippen molar-refractivity contribution < 1.29 is 19.9 Å². The average Bonchev–Trinajstić information content (AvgIpc) is 2.55. The van der Waals surface area contributed by atoms with Crippen LogP contribution >= 0.6 is 0 Å². The molecule has 4 N–H and O–H groups in total. The van der Waals surface area contributed by atoms with Crippen LogP contribution in [0.5, 0.6) is 0 Å².